The van der Waals surface area contributed by atoms with Crippen LogP contribution >= 0.6 is 11.6 Å². The maximum Gasteiger partial charge on any atom is 0.245 e. The van der Waals surface area contributed by atoms with Gasteiger partial charge in [0.1, 0.15) is 6.04 Å². The smallest absolute Gasteiger partial charge is 0.245 e. The second-order valence-corrected chi connectivity index (χ2v) is 10.4. The quantitative estimate of drug-likeness (QED) is 0.347. The molecule has 5 rings (SSSR count). The van der Waals surface area contributed by atoms with Crippen molar-refractivity contribution >= 4 is 34.2 Å². The number of carbonyl (C=O) groups excluding carboxylic acids is 2. The van der Waals surface area contributed by atoms with Crippen molar-refractivity contribution in [1.29, 1.82) is 0 Å². The van der Waals surface area contributed by atoms with Crippen molar-refractivity contribution in [3.05, 3.63) is 119 Å². The van der Waals surface area contributed by atoms with Crippen LogP contribution in [0.2, 0.25) is 5.02 Å². The zero-order chi connectivity index (χ0) is 26.3. The van der Waals surface area contributed by atoms with Crippen molar-refractivity contribution in [2.75, 3.05) is 19.6 Å². The molecule has 1 fully saturated rings. The first kappa shape index (κ1) is 26.0. The Morgan fingerprint density at radius 3 is 2.37 bits per heavy atom. The number of benzene rings is 4. The van der Waals surface area contributed by atoms with Gasteiger partial charge in [-0.2, -0.15) is 0 Å². The number of halogens is 1. The average Bonchev–Trinajstić information content (AvgIpc) is 2.94. The molecule has 4 aromatic rings. The summed E-state index contributed by atoms with van der Waals surface area (Å²) in [6.45, 7) is 1.92. The molecule has 1 heterocycles. The molecule has 1 saturated heterocycles. The van der Waals surface area contributed by atoms with Gasteiger partial charge in [0.25, 0.3) is 0 Å². The molecule has 0 spiro atoms. The van der Waals surface area contributed by atoms with E-state index in [1.807, 2.05) is 65.6 Å². The summed E-state index contributed by atoms with van der Waals surface area (Å²) in [5.74, 6) is -0.210. The fourth-order valence-corrected chi connectivity index (χ4v) is 5.24. The summed E-state index contributed by atoms with van der Waals surface area (Å²) in [6, 6.07) is 31.4. The maximum absolute atomic E-state index is 13.8. The van der Waals surface area contributed by atoms with Gasteiger partial charge in [0.05, 0.1) is 6.42 Å². The van der Waals surface area contributed by atoms with E-state index in [0.717, 1.165) is 24.1 Å². The molecule has 0 saturated carbocycles. The van der Waals surface area contributed by atoms with Crippen LogP contribution in [0.25, 0.3) is 10.8 Å². The van der Waals surface area contributed by atoms with Crippen LogP contribution in [-0.2, 0) is 28.9 Å². The lowest BCUT2D eigenvalue weighted by molar-refractivity contribution is -0.137. The minimum absolute atomic E-state index is 0.0497. The lowest BCUT2D eigenvalue weighted by Crippen LogP contribution is -2.58. The molecule has 2 amide bonds. The van der Waals surface area contributed by atoms with Crippen molar-refractivity contribution in [2.24, 2.45) is 0 Å². The van der Waals surface area contributed by atoms with Gasteiger partial charge >= 0.3 is 0 Å². The number of fused-ring (bicyclic) bond motifs is 1. The lowest BCUT2D eigenvalue weighted by atomic mass is 9.99. The number of amides is 2. The minimum atomic E-state index is -0.646. The standard InChI is InChI=1S/C32H32ClN3O2/c33-28-14-11-24(12-15-28)20-30(35-31(37)21-23-6-2-1-3-7-23)32(38)36-17-16-34-29(22-36)19-25-10-13-26-8-4-5-9-27(26)18-25/h1-15,18,29-30,34H,16-17,19-22H2,(H,35,37)/t29-,30-/m1/s1. The third-order valence-electron chi connectivity index (χ3n) is 7.06. The van der Waals surface area contributed by atoms with Crippen LogP contribution in [0.5, 0.6) is 0 Å². The van der Waals surface area contributed by atoms with Crippen LogP contribution in [0, 0.1) is 0 Å². The Labute approximate surface area is 228 Å². The SMILES string of the molecule is O=C(Cc1ccccc1)N[C@H](Cc1ccc(Cl)cc1)C(=O)N1CCN[C@H](Cc2ccc3ccccc3c2)C1. The third-order valence-corrected chi connectivity index (χ3v) is 7.31. The molecule has 0 aliphatic carbocycles. The monoisotopic (exact) mass is 525 g/mol. The predicted octanol–water partition coefficient (Wildman–Crippen LogP) is 4.81. The van der Waals surface area contributed by atoms with Gasteiger partial charge in [-0.15, -0.1) is 0 Å². The van der Waals surface area contributed by atoms with Gasteiger partial charge in [-0.3, -0.25) is 9.59 Å². The van der Waals surface area contributed by atoms with Crippen molar-refractivity contribution in [3.63, 3.8) is 0 Å². The van der Waals surface area contributed by atoms with Crippen molar-refractivity contribution in [1.82, 2.24) is 15.5 Å². The average molecular weight is 526 g/mol. The lowest BCUT2D eigenvalue weighted by Gasteiger charge is -2.36. The Kier molecular flexibility index (Phi) is 8.37. The van der Waals surface area contributed by atoms with E-state index in [2.05, 4.69) is 47.0 Å². The third kappa shape index (κ3) is 6.80. The zero-order valence-electron chi connectivity index (χ0n) is 21.3. The van der Waals surface area contributed by atoms with Gasteiger partial charge in [0.15, 0.2) is 0 Å². The molecule has 0 radical (unpaired) electrons. The number of nitrogens with zero attached hydrogens (tertiary/aromatic N) is 1. The van der Waals surface area contributed by atoms with Crippen LogP contribution in [0.4, 0.5) is 0 Å². The Morgan fingerprint density at radius 1 is 0.868 bits per heavy atom. The first-order valence-electron chi connectivity index (χ1n) is 13.1. The van der Waals surface area contributed by atoms with Crippen molar-refractivity contribution in [3.8, 4) is 0 Å². The summed E-state index contributed by atoms with van der Waals surface area (Å²) >= 11 is 6.07. The fourth-order valence-electron chi connectivity index (χ4n) is 5.12. The molecular weight excluding hydrogens is 494 g/mol. The van der Waals surface area contributed by atoms with Crippen LogP contribution in [0.1, 0.15) is 16.7 Å². The van der Waals surface area contributed by atoms with Gasteiger partial charge in [-0.25, -0.2) is 0 Å². The fraction of sp³-hybridized carbons (Fsp3) is 0.250. The van der Waals surface area contributed by atoms with Gasteiger partial charge < -0.3 is 15.5 Å². The Balaban J connectivity index is 1.28. The number of hydrogen-bond donors (Lipinski definition) is 2. The summed E-state index contributed by atoms with van der Waals surface area (Å²) in [5, 5.41) is 9.69. The first-order valence-corrected chi connectivity index (χ1v) is 13.5. The number of nitrogens with one attached hydrogen (secondary N) is 2. The van der Waals surface area contributed by atoms with Gasteiger partial charge in [0.2, 0.25) is 11.8 Å². The maximum atomic E-state index is 13.8. The molecule has 0 aromatic heterocycles. The van der Waals surface area contributed by atoms with Crippen LogP contribution in [0.15, 0.2) is 97.1 Å². The molecular formula is C32H32ClN3O2. The molecule has 1 aliphatic rings. The molecule has 2 atom stereocenters. The van der Waals surface area contributed by atoms with E-state index in [1.165, 1.54) is 16.3 Å². The van der Waals surface area contributed by atoms with E-state index in [9.17, 15) is 9.59 Å². The van der Waals surface area contributed by atoms with E-state index in [-0.39, 0.29) is 24.3 Å². The number of carbonyl (C=O) groups is 2. The number of hydrogen-bond acceptors (Lipinski definition) is 3. The summed E-state index contributed by atoms with van der Waals surface area (Å²) in [7, 11) is 0. The highest BCUT2D eigenvalue weighted by Gasteiger charge is 2.30. The molecule has 0 unspecified atom stereocenters. The normalized spacial score (nSPS) is 16.2. The second kappa shape index (κ2) is 12.2. The first-order chi connectivity index (χ1) is 18.5. The van der Waals surface area contributed by atoms with Crippen LogP contribution in [-0.4, -0.2) is 48.4 Å². The number of rotatable bonds is 8. The van der Waals surface area contributed by atoms with Crippen LogP contribution < -0.4 is 10.6 Å². The highest BCUT2D eigenvalue weighted by molar-refractivity contribution is 6.30. The Bertz CT molecular complexity index is 1390. The Morgan fingerprint density at radius 2 is 1.58 bits per heavy atom. The number of piperazine rings is 1. The van der Waals surface area contributed by atoms with Gasteiger partial charge in [-0.05, 0) is 46.0 Å². The van der Waals surface area contributed by atoms with Gasteiger partial charge in [0, 0.05) is 37.1 Å². The molecule has 194 valence electrons. The van der Waals surface area contributed by atoms with E-state index < -0.39 is 6.04 Å². The molecule has 2 N–H and O–H groups in total. The van der Waals surface area contributed by atoms with Gasteiger partial charge in [-0.1, -0.05) is 96.5 Å². The van der Waals surface area contributed by atoms with E-state index in [1.54, 1.807) is 0 Å². The Hall–Kier alpha value is -3.67. The molecule has 4 aromatic carbocycles. The molecule has 5 nitrogen and oxygen atoms in total. The van der Waals surface area contributed by atoms with Crippen molar-refractivity contribution < 1.29 is 9.59 Å². The molecule has 1 aliphatic heterocycles. The summed E-state index contributed by atoms with van der Waals surface area (Å²) < 4.78 is 0. The minimum Gasteiger partial charge on any atom is -0.344 e. The van der Waals surface area contributed by atoms with E-state index in [0.29, 0.717) is 24.5 Å². The van der Waals surface area contributed by atoms with Crippen molar-refractivity contribution in [2.45, 2.75) is 31.3 Å². The van der Waals surface area contributed by atoms with E-state index in [4.69, 9.17) is 11.6 Å². The largest absolute Gasteiger partial charge is 0.344 e. The predicted molar refractivity (Wildman–Crippen MR) is 153 cm³/mol. The summed E-state index contributed by atoms with van der Waals surface area (Å²) in [5.41, 5.74) is 3.11. The van der Waals surface area contributed by atoms with Crippen LogP contribution in [0.3, 0.4) is 0 Å². The zero-order valence-corrected chi connectivity index (χ0v) is 22.0. The van der Waals surface area contributed by atoms with E-state index >= 15 is 0 Å². The topological polar surface area (TPSA) is 61.4 Å². The molecule has 0 bridgehead atoms. The second-order valence-electron chi connectivity index (χ2n) is 9.93. The highest BCUT2D eigenvalue weighted by atomic mass is 35.5. The summed E-state index contributed by atoms with van der Waals surface area (Å²) in [4.78, 5) is 28.6. The summed E-state index contributed by atoms with van der Waals surface area (Å²) in [6.07, 6.45) is 1.48. The molecule has 38 heavy (non-hydrogen) atoms. The molecule has 6 heteroatoms. The highest BCUT2D eigenvalue weighted by Crippen LogP contribution is 2.18.